The van der Waals surface area contributed by atoms with Crippen LogP contribution in [0.15, 0.2) is 11.6 Å². The van der Waals surface area contributed by atoms with Gasteiger partial charge in [-0.05, 0) is 12.8 Å². The molecule has 0 aromatic carbocycles. The molecule has 0 bridgehead atoms. The second-order valence-corrected chi connectivity index (χ2v) is 7.90. The maximum Gasteiger partial charge on any atom is 0.315 e. The van der Waals surface area contributed by atoms with Crippen LogP contribution in [0.5, 0.6) is 0 Å². The molecule has 1 aromatic rings. The summed E-state index contributed by atoms with van der Waals surface area (Å²) in [4.78, 5) is 16.0. The van der Waals surface area contributed by atoms with E-state index in [0.29, 0.717) is 6.54 Å². The van der Waals surface area contributed by atoms with E-state index >= 15 is 0 Å². The molecule has 1 aliphatic carbocycles. The van der Waals surface area contributed by atoms with Gasteiger partial charge in [-0.2, -0.15) is 0 Å². The summed E-state index contributed by atoms with van der Waals surface area (Å²) in [5.74, 6) is 0. The zero-order valence-corrected chi connectivity index (χ0v) is 13.5. The highest BCUT2D eigenvalue weighted by atomic mass is 32.2. The number of thiazole rings is 1. The fraction of sp³-hybridized carbons (Fsp3) is 0.667. The van der Waals surface area contributed by atoms with E-state index in [0.717, 1.165) is 36.9 Å². The first kappa shape index (κ1) is 16.2. The van der Waals surface area contributed by atoms with Crippen LogP contribution in [0.2, 0.25) is 0 Å². The number of nitrogens with zero attached hydrogens (tertiary/aromatic N) is 1. The minimum Gasteiger partial charge on any atom is -0.334 e. The van der Waals surface area contributed by atoms with Gasteiger partial charge >= 0.3 is 6.03 Å². The van der Waals surface area contributed by atoms with Crippen LogP contribution >= 0.6 is 11.3 Å². The van der Waals surface area contributed by atoms with E-state index in [9.17, 15) is 13.2 Å². The molecule has 2 amide bonds. The van der Waals surface area contributed by atoms with Crippen molar-refractivity contribution in [1.29, 1.82) is 0 Å². The van der Waals surface area contributed by atoms with E-state index in [1.165, 1.54) is 11.3 Å². The highest BCUT2D eigenvalue weighted by Crippen LogP contribution is 2.19. The molecular formula is C12H20N4O3S2. The Morgan fingerprint density at radius 2 is 2.10 bits per heavy atom. The minimum atomic E-state index is -3.27. The lowest BCUT2D eigenvalue weighted by atomic mass is 9.91. The van der Waals surface area contributed by atoms with Gasteiger partial charge in [0.15, 0.2) is 0 Å². The summed E-state index contributed by atoms with van der Waals surface area (Å²) >= 11 is 1.47. The Balaban J connectivity index is 1.84. The first-order valence-corrected chi connectivity index (χ1v) is 9.61. The largest absolute Gasteiger partial charge is 0.334 e. The lowest BCUT2D eigenvalue weighted by molar-refractivity contribution is 0.227. The van der Waals surface area contributed by atoms with Gasteiger partial charge in [-0.15, -0.1) is 11.3 Å². The van der Waals surface area contributed by atoms with E-state index in [-0.39, 0.29) is 18.1 Å². The summed E-state index contributed by atoms with van der Waals surface area (Å²) < 4.78 is 25.3. The predicted octanol–water partition coefficient (Wildman–Crippen LogP) is 0.803. The number of aromatic nitrogens is 1. The number of urea groups is 1. The highest BCUT2D eigenvalue weighted by molar-refractivity contribution is 7.88. The standard InChI is InChI=1S/C12H20N4O3S2/c1-21(18,19)16-10-5-3-2-4-9(10)15-12(17)14-8-11-13-6-7-20-11/h6-7,9-10,16H,2-5,8H2,1H3,(H2,14,15,17). The maximum absolute atomic E-state index is 11.9. The third kappa shape index (κ3) is 5.60. The molecule has 1 saturated carbocycles. The molecule has 1 heterocycles. The quantitative estimate of drug-likeness (QED) is 0.742. The molecule has 9 heteroatoms. The number of amides is 2. The molecule has 0 spiro atoms. The van der Waals surface area contributed by atoms with E-state index in [1.807, 2.05) is 5.38 Å². The van der Waals surface area contributed by atoms with Crippen LogP contribution in [0.3, 0.4) is 0 Å². The molecule has 118 valence electrons. The number of hydrogen-bond acceptors (Lipinski definition) is 5. The number of rotatable bonds is 5. The van der Waals surface area contributed by atoms with Crippen LogP contribution in [-0.2, 0) is 16.6 Å². The molecule has 0 aliphatic heterocycles. The van der Waals surface area contributed by atoms with Crippen LogP contribution in [0, 0.1) is 0 Å². The van der Waals surface area contributed by atoms with Crippen LogP contribution in [0.1, 0.15) is 30.7 Å². The van der Waals surface area contributed by atoms with E-state index in [4.69, 9.17) is 0 Å². The predicted molar refractivity (Wildman–Crippen MR) is 81.5 cm³/mol. The van der Waals surface area contributed by atoms with Gasteiger partial charge in [0, 0.05) is 23.7 Å². The average molecular weight is 332 g/mol. The van der Waals surface area contributed by atoms with Crippen molar-refractivity contribution < 1.29 is 13.2 Å². The van der Waals surface area contributed by atoms with Crippen molar-refractivity contribution in [3.8, 4) is 0 Å². The Hall–Kier alpha value is -1.19. The molecule has 0 saturated heterocycles. The van der Waals surface area contributed by atoms with Crippen molar-refractivity contribution in [3.63, 3.8) is 0 Å². The number of carbonyl (C=O) groups is 1. The second-order valence-electron chi connectivity index (χ2n) is 5.14. The first-order valence-electron chi connectivity index (χ1n) is 6.84. The Bertz CT molecular complexity index is 559. The van der Waals surface area contributed by atoms with E-state index in [1.54, 1.807) is 6.20 Å². The smallest absolute Gasteiger partial charge is 0.315 e. The van der Waals surface area contributed by atoms with Crippen LogP contribution in [0.4, 0.5) is 4.79 Å². The van der Waals surface area contributed by atoms with E-state index < -0.39 is 10.0 Å². The third-order valence-corrected chi connectivity index (χ3v) is 4.84. The average Bonchev–Trinajstić information content (AvgIpc) is 2.90. The van der Waals surface area contributed by atoms with Crippen molar-refractivity contribution in [2.24, 2.45) is 0 Å². The highest BCUT2D eigenvalue weighted by Gasteiger charge is 2.28. The molecule has 0 radical (unpaired) electrons. The van der Waals surface area contributed by atoms with Gasteiger partial charge in [0.1, 0.15) is 5.01 Å². The van der Waals surface area contributed by atoms with Gasteiger partial charge in [0.05, 0.1) is 12.8 Å². The number of sulfonamides is 1. The van der Waals surface area contributed by atoms with Gasteiger partial charge in [-0.1, -0.05) is 12.8 Å². The van der Waals surface area contributed by atoms with Crippen molar-refractivity contribution >= 4 is 27.4 Å². The molecule has 2 unspecified atom stereocenters. The Labute approximate surface area is 128 Å². The summed E-state index contributed by atoms with van der Waals surface area (Å²) in [5, 5.41) is 8.27. The normalized spacial score (nSPS) is 22.7. The minimum absolute atomic E-state index is 0.176. The van der Waals surface area contributed by atoms with Crippen LogP contribution in [-0.4, -0.2) is 37.8 Å². The molecule has 1 aliphatic rings. The molecule has 7 nitrogen and oxygen atoms in total. The lowest BCUT2D eigenvalue weighted by Crippen LogP contribution is -2.54. The van der Waals surface area contributed by atoms with Crippen LogP contribution < -0.4 is 15.4 Å². The Morgan fingerprint density at radius 1 is 1.38 bits per heavy atom. The second kappa shape index (κ2) is 7.19. The molecular weight excluding hydrogens is 312 g/mol. The van der Waals surface area contributed by atoms with Crippen molar-refractivity contribution in [1.82, 2.24) is 20.3 Å². The Kier molecular flexibility index (Phi) is 5.54. The fourth-order valence-corrected chi connectivity index (χ4v) is 3.82. The summed E-state index contributed by atoms with van der Waals surface area (Å²) in [7, 11) is -3.27. The topological polar surface area (TPSA) is 100 Å². The summed E-state index contributed by atoms with van der Waals surface area (Å²) in [5.41, 5.74) is 0. The molecule has 3 N–H and O–H groups in total. The van der Waals surface area contributed by atoms with Crippen molar-refractivity contribution in [3.05, 3.63) is 16.6 Å². The molecule has 21 heavy (non-hydrogen) atoms. The molecule has 2 rings (SSSR count). The monoisotopic (exact) mass is 332 g/mol. The number of carbonyl (C=O) groups excluding carboxylic acids is 1. The van der Waals surface area contributed by atoms with Gasteiger partial charge < -0.3 is 10.6 Å². The maximum atomic E-state index is 11.9. The lowest BCUT2D eigenvalue weighted by Gasteiger charge is -2.32. The zero-order valence-electron chi connectivity index (χ0n) is 11.8. The van der Waals surface area contributed by atoms with Crippen molar-refractivity contribution in [2.75, 3.05) is 6.26 Å². The van der Waals surface area contributed by atoms with E-state index in [2.05, 4.69) is 20.3 Å². The zero-order chi connectivity index (χ0) is 15.3. The van der Waals surface area contributed by atoms with Gasteiger partial charge in [-0.25, -0.2) is 22.9 Å². The SMILES string of the molecule is CS(=O)(=O)NC1CCCCC1NC(=O)NCc1nccs1. The number of nitrogens with one attached hydrogen (secondary N) is 3. The number of hydrogen-bond donors (Lipinski definition) is 3. The summed E-state index contributed by atoms with van der Waals surface area (Å²) in [6.45, 7) is 0.375. The van der Waals surface area contributed by atoms with Crippen LogP contribution in [0.25, 0.3) is 0 Å². The molecule has 1 aromatic heterocycles. The molecule has 2 atom stereocenters. The van der Waals surface area contributed by atoms with Gasteiger partial charge in [0.2, 0.25) is 10.0 Å². The fourth-order valence-electron chi connectivity index (χ4n) is 2.44. The van der Waals surface area contributed by atoms with Crippen molar-refractivity contribution in [2.45, 2.75) is 44.3 Å². The summed E-state index contributed by atoms with van der Waals surface area (Å²) in [6.07, 6.45) is 6.29. The van der Waals surface area contributed by atoms with Gasteiger partial charge in [0.25, 0.3) is 0 Å². The molecule has 1 fully saturated rings. The third-order valence-electron chi connectivity index (χ3n) is 3.33. The first-order chi connectivity index (χ1) is 9.94. The van der Waals surface area contributed by atoms with Gasteiger partial charge in [-0.3, -0.25) is 0 Å². The Morgan fingerprint density at radius 3 is 2.71 bits per heavy atom. The summed E-state index contributed by atoms with van der Waals surface area (Å²) in [6, 6.07) is -0.707.